The first-order valence-corrected chi connectivity index (χ1v) is 9.50. The summed E-state index contributed by atoms with van der Waals surface area (Å²) in [6.07, 6.45) is 5.45. The molecule has 120 valence electrons. The fraction of sp³-hybridized carbons (Fsp3) is 0.938. The van der Waals surface area contributed by atoms with Crippen LogP contribution in [0.2, 0.25) is 0 Å². The van der Waals surface area contributed by atoms with Crippen LogP contribution in [-0.4, -0.2) is 60.8 Å². The Morgan fingerprint density at radius 2 is 2.29 bits per heavy atom. The number of thioether (sulfide) groups is 1. The Kier molecular flexibility index (Phi) is 5.12. The second kappa shape index (κ2) is 6.88. The van der Waals surface area contributed by atoms with E-state index >= 15 is 0 Å². The van der Waals surface area contributed by atoms with Gasteiger partial charge in [-0.25, -0.2) is 0 Å². The number of amidine groups is 1. The molecule has 4 nitrogen and oxygen atoms in total. The molecule has 0 aliphatic carbocycles. The lowest BCUT2D eigenvalue weighted by Gasteiger charge is -2.36. The van der Waals surface area contributed by atoms with Gasteiger partial charge in [0.25, 0.3) is 0 Å². The molecule has 3 aliphatic rings. The van der Waals surface area contributed by atoms with Crippen LogP contribution in [0, 0.1) is 5.41 Å². The Morgan fingerprint density at radius 3 is 3.00 bits per heavy atom. The highest BCUT2D eigenvalue weighted by molar-refractivity contribution is 8.13. The lowest BCUT2D eigenvalue weighted by Crippen LogP contribution is -2.50. The van der Waals surface area contributed by atoms with Gasteiger partial charge >= 0.3 is 0 Å². The topological polar surface area (TPSA) is 36.9 Å². The summed E-state index contributed by atoms with van der Waals surface area (Å²) >= 11 is 1.90. The van der Waals surface area contributed by atoms with E-state index < -0.39 is 0 Å². The summed E-state index contributed by atoms with van der Waals surface area (Å²) < 4.78 is 6.00. The number of ether oxygens (including phenoxy) is 1. The van der Waals surface area contributed by atoms with E-state index in [1.54, 1.807) is 0 Å². The van der Waals surface area contributed by atoms with E-state index in [0.717, 1.165) is 31.4 Å². The minimum absolute atomic E-state index is 0.326. The summed E-state index contributed by atoms with van der Waals surface area (Å²) in [7, 11) is 0. The lowest BCUT2D eigenvalue weighted by atomic mass is 9.84. The molecule has 0 aromatic rings. The third kappa shape index (κ3) is 3.57. The highest BCUT2D eigenvalue weighted by Gasteiger charge is 2.33. The number of hydrogen-bond acceptors (Lipinski definition) is 5. The number of rotatable bonds is 4. The van der Waals surface area contributed by atoms with E-state index in [1.165, 1.54) is 38.0 Å². The van der Waals surface area contributed by atoms with Crippen molar-refractivity contribution >= 4 is 16.9 Å². The van der Waals surface area contributed by atoms with Crippen LogP contribution in [0.4, 0.5) is 0 Å². The molecule has 0 saturated carbocycles. The number of hydrogen-bond donors (Lipinski definition) is 1. The largest absolute Gasteiger partial charge is 0.373 e. The molecule has 2 atom stereocenters. The van der Waals surface area contributed by atoms with Gasteiger partial charge in [-0.2, -0.15) is 0 Å². The smallest absolute Gasteiger partial charge is 0.156 e. The highest BCUT2D eigenvalue weighted by atomic mass is 32.2. The summed E-state index contributed by atoms with van der Waals surface area (Å²) in [5.41, 5.74) is 0.431. The average Bonchev–Trinajstić information content (AvgIpc) is 3.01. The van der Waals surface area contributed by atoms with Crippen LogP contribution in [0.5, 0.6) is 0 Å². The van der Waals surface area contributed by atoms with Gasteiger partial charge in [0.05, 0.1) is 12.7 Å². The molecule has 3 rings (SSSR count). The highest BCUT2D eigenvalue weighted by Crippen LogP contribution is 2.34. The summed E-state index contributed by atoms with van der Waals surface area (Å²) in [6.45, 7) is 9.73. The van der Waals surface area contributed by atoms with Crippen molar-refractivity contribution in [2.75, 3.05) is 38.5 Å². The van der Waals surface area contributed by atoms with Crippen molar-refractivity contribution in [2.45, 2.75) is 51.7 Å². The van der Waals surface area contributed by atoms with Gasteiger partial charge in [0.1, 0.15) is 0 Å². The van der Waals surface area contributed by atoms with Gasteiger partial charge in [0.15, 0.2) is 5.17 Å². The van der Waals surface area contributed by atoms with Crippen molar-refractivity contribution in [3.63, 3.8) is 0 Å². The van der Waals surface area contributed by atoms with Gasteiger partial charge < -0.3 is 10.1 Å². The minimum Gasteiger partial charge on any atom is -0.373 e. The molecule has 21 heavy (non-hydrogen) atoms. The predicted octanol–water partition coefficient (Wildman–Crippen LogP) is 2.35. The maximum absolute atomic E-state index is 6.00. The Morgan fingerprint density at radius 1 is 1.43 bits per heavy atom. The summed E-state index contributed by atoms with van der Waals surface area (Å²) in [5.74, 6) is 1.20. The van der Waals surface area contributed by atoms with Gasteiger partial charge in [-0.05, 0) is 37.6 Å². The average molecular weight is 311 g/mol. The lowest BCUT2D eigenvalue weighted by molar-refractivity contribution is -0.0451. The molecular formula is C16H29N3OS. The molecule has 3 heterocycles. The van der Waals surface area contributed by atoms with Crippen molar-refractivity contribution in [3.05, 3.63) is 0 Å². The third-order valence-electron chi connectivity index (χ3n) is 5.52. The zero-order valence-electron chi connectivity index (χ0n) is 13.4. The molecule has 2 fully saturated rings. The summed E-state index contributed by atoms with van der Waals surface area (Å²) in [5, 5.41) is 4.64. The van der Waals surface area contributed by atoms with Gasteiger partial charge in [-0.3, -0.25) is 9.89 Å². The molecule has 0 spiro atoms. The number of nitrogens with one attached hydrogen (secondary N) is 1. The zero-order chi connectivity index (χ0) is 14.7. The second-order valence-corrected chi connectivity index (χ2v) is 7.71. The number of nitrogens with zero attached hydrogens (tertiary/aromatic N) is 2. The van der Waals surface area contributed by atoms with Gasteiger partial charge in [0, 0.05) is 31.4 Å². The first kappa shape index (κ1) is 15.6. The third-order valence-corrected chi connectivity index (χ3v) is 6.82. The van der Waals surface area contributed by atoms with Crippen LogP contribution in [0.1, 0.15) is 39.5 Å². The molecule has 3 aliphatic heterocycles. The fourth-order valence-electron chi connectivity index (χ4n) is 3.55. The number of morpholine rings is 1. The first-order valence-electron chi connectivity index (χ1n) is 8.51. The normalized spacial score (nSPS) is 32.6. The van der Waals surface area contributed by atoms with Crippen LogP contribution in [-0.2, 0) is 4.74 Å². The van der Waals surface area contributed by atoms with E-state index in [-0.39, 0.29) is 0 Å². The quantitative estimate of drug-likeness (QED) is 0.865. The molecule has 0 aromatic carbocycles. The summed E-state index contributed by atoms with van der Waals surface area (Å²) in [6, 6.07) is 0.692. The summed E-state index contributed by atoms with van der Waals surface area (Å²) in [4.78, 5) is 7.38. The van der Waals surface area contributed by atoms with E-state index in [0.29, 0.717) is 17.6 Å². The van der Waals surface area contributed by atoms with Crippen LogP contribution in [0.25, 0.3) is 0 Å². The van der Waals surface area contributed by atoms with Crippen LogP contribution in [0.3, 0.4) is 0 Å². The second-order valence-electron chi connectivity index (χ2n) is 6.74. The monoisotopic (exact) mass is 311 g/mol. The standard InChI is InChI=1S/C16H29N3OS/c1-3-16(4-2)11-18-15(21-12-16)17-8-14-9-19-7-5-6-13(19)10-20-14/h13-14H,3-12H2,1-2H3,(H,17,18). The Hall–Kier alpha value is -0.260. The Balaban J connectivity index is 1.45. The number of fused-ring (bicyclic) bond motifs is 1. The fourth-order valence-corrected chi connectivity index (χ4v) is 4.83. The van der Waals surface area contributed by atoms with E-state index in [1.807, 2.05) is 11.8 Å². The van der Waals surface area contributed by atoms with Crippen molar-refractivity contribution in [3.8, 4) is 0 Å². The molecule has 1 N–H and O–H groups in total. The van der Waals surface area contributed by atoms with E-state index in [4.69, 9.17) is 9.73 Å². The SMILES string of the molecule is CCC1(CC)CN=C(NCC2CN3CCCC3CO2)SC1. The van der Waals surface area contributed by atoms with Crippen molar-refractivity contribution in [2.24, 2.45) is 10.4 Å². The Bertz CT molecular complexity index is 384. The molecular weight excluding hydrogens is 282 g/mol. The molecule has 2 unspecified atom stereocenters. The maximum Gasteiger partial charge on any atom is 0.156 e. The minimum atomic E-state index is 0.326. The first-order chi connectivity index (χ1) is 10.2. The van der Waals surface area contributed by atoms with E-state index in [9.17, 15) is 0 Å². The molecule has 2 saturated heterocycles. The van der Waals surface area contributed by atoms with Gasteiger partial charge in [-0.1, -0.05) is 25.6 Å². The van der Waals surface area contributed by atoms with Crippen molar-refractivity contribution in [1.82, 2.24) is 10.2 Å². The van der Waals surface area contributed by atoms with Crippen molar-refractivity contribution < 1.29 is 4.74 Å². The number of aliphatic imine (C=N–C) groups is 1. The molecule has 5 heteroatoms. The van der Waals surface area contributed by atoms with E-state index in [2.05, 4.69) is 24.1 Å². The van der Waals surface area contributed by atoms with Gasteiger partial charge in [0.2, 0.25) is 0 Å². The molecule has 0 bridgehead atoms. The molecule has 0 aromatic heterocycles. The molecule has 0 radical (unpaired) electrons. The molecule has 0 amide bonds. The maximum atomic E-state index is 6.00. The van der Waals surface area contributed by atoms with Gasteiger partial charge in [-0.15, -0.1) is 0 Å². The predicted molar refractivity (Wildman–Crippen MR) is 90.1 cm³/mol. The van der Waals surface area contributed by atoms with Crippen molar-refractivity contribution in [1.29, 1.82) is 0 Å². The zero-order valence-corrected chi connectivity index (χ0v) is 14.3. The van der Waals surface area contributed by atoms with Crippen LogP contribution >= 0.6 is 11.8 Å². The Labute approximate surface area is 133 Å². The van der Waals surface area contributed by atoms with Crippen LogP contribution < -0.4 is 5.32 Å². The van der Waals surface area contributed by atoms with Crippen LogP contribution in [0.15, 0.2) is 4.99 Å².